The van der Waals surface area contributed by atoms with Gasteiger partial charge in [0.25, 0.3) is 10.1 Å². The van der Waals surface area contributed by atoms with Gasteiger partial charge in [0.2, 0.25) is 0 Å². The van der Waals surface area contributed by atoms with Crippen molar-refractivity contribution in [3.8, 4) is 5.75 Å². The van der Waals surface area contributed by atoms with E-state index in [2.05, 4.69) is 47.8 Å². The van der Waals surface area contributed by atoms with Crippen LogP contribution in [0.25, 0.3) is 0 Å². The molecule has 2 rings (SSSR count). The smallest absolute Gasteiger partial charge is 0.344 e. The van der Waals surface area contributed by atoms with Crippen molar-refractivity contribution in [2.75, 3.05) is 0 Å². The van der Waals surface area contributed by atoms with Crippen LogP contribution in [0.2, 0.25) is 0 Å². The van der Waals surface area contributed by atoms with E-state index in [0.29, 0.717) is 14.5 Å². The van der Waals surface area contributed by atoms with Crippen LogP contribution in [-0.2, 0) is 10.1 Å². The fraction of sp³-hybridized carbons (Fsp3) is 0. The third-order valence-electron chi connectivity index (χ3n) is 2.70. The Morgan fingerprint density at radius 1 is 1.04 bits per heavy atom. The van der Waals surface area contributed by atoms with Gasteiger partial charge in [-0.05, 0) is 117 Å². The van der Waals surface area contributed by atoms with Gasteiger partial charge in [-0.15, -0.1) is 0 Å². The maximum atomic E-state index is 12.3. The summed E-state index contributed by atoms with van der Waals surface area (Å²) >= 11 is 13.5. The Balaban J connectivity index is 2.39. The second-order valence-corrected chi connectivity index (χ2v) is 10.4. The van der Waals surface area contributed by atoms with Crippen LogP contribution >= 0.6 is 93.0 Å². The van der Waals surface area contributed by atoms with Crippen molar-refractivity contribution in [1.82, 2.24) is 0 Å². The molecule has 0 saturated heterocycles. The number of carbonyl (C=O) groups excluding carboxylic acids is 1. The molecule has 11 heteroatoms. The Labute approximate surface area is 190 Å². The van der Waals surface area contributed by atoms with E-state index in [9.17, 15) is 17.8 Å². The predicted molar refractivity (Wildman–Crippen MR) is 116 cm³/mol. The molecule has 5 nitrogen and oxygen atoms in total. The lowest BCUT2D eigenvalue weighted by Gasteiger charge is -2.11. The molecule has 1 N–H and O–H groups in total. The highest BCUT2D eigenvalue weighted by Crippen LogP contribution is 2.35. The third-order valence-corrected chi connectivity index (χ3v) is 9.46. The van der Waals surface area contributed by atoms with Crippen LogP contribution in [-0.4, -0.2) is 18.9 Å². The van der Waals surface area contributed by atoms with Crippen molar-refractivity contribution < 1.29 is 22.5 Å². The van der Waals surface area contributed by atoms with E-state index < -0.39 is 16.1 Å². The summed E-state index contributed by atoms with van der Waals surface area (Å²) in [6.45, 7) is 0. The Morgan fingerprint density at radius 3 is 2.08 bits per heavy atom. The van der Waals surface area contributed by atoms with Gasteiger partial charge in [0, 0.05) is 20.6 Å². The first-order chi connectivity index (χ1) is 11.0. The Kier molecular flexibility index (Phi) is 7.15. The topological polar surface area (TPSA) is 80.7 Å². The summed E-state index contributed by atoms with van der Waals surface area (Å²) in [6.07, 6.45) is 0. The summed E-state index contributed by atoms with van der Waals surface area (Å²) in [5.74, 6) is -0.437. The zero-order valence-electron chi connectivity index (χ0n) is 11.2. The number of hydrogen-bond acceptors (Lipinski definition) is 4. The number of carbonyl (C=O) groups is 1. The van der Waals surface area contributed by atoms with Crippen LogP contribution in [0.1, 0.15) is 10.4 Å². The van der Waals surface area contributed by atoms with Crippen molar-refractivity contribution >= 4 is 109 Å². The number of hydrogen-bond donors (Lipinski definition) is 1. The first-order valence-electron chi connectivity index (χ1n) is 5.84. The highest BCUT2D eigenvalue weighted by Gasteiger charge is 2.22. The Morgan fingerprint density at radius 2 is 1.58 bits per heavy atom. The summed E-state index contributed by atoms with van der Waals surface area (Å²) in [7, 11) is -4.35. The van der Waals surface area contributed by atoms with Gasteiger partial charge in [0.05, 0.1) is 5.56 Å². The molecule has 0 atom stereocenters. The molecule has 0 heterocycles. The monoisotopic (exact) mass is 764 g/mol. The maximum Gasteiger partial charge on any atom is 0.344 e. The van der Waals surface area contributed by atoms with Crippen molar-refractivity contribution in [3.63, 3.8) is 0 Å². The molecule has 2 aromatic carbocycles. The highest BCUT2D eigenvalue weighted by molar-refractivity contribution is 14.1. The summed E-state index contributed by atoms with van der Waals surface area (Å²) in [5.41, 5.74) is 0.300. The van der Waals surface area contributed by atoms with Crippen LogP contribution in [0.3, 0.4) is 0 Å². The van der Waals surface area contributed by atoms with Gasteiger partial charge in [-0.25, -0.2) is 4.79 Å². The van der Waals surface area contributed by atoms with Crippen LogP contribution in [0, 0.1) is 7.14 Å². The van der Waals surface area contributed by atoms with Gasteiger partial charge in [-0.2, -0.15) is 8.42 Å². The molecule has 24 heavy (non-hydrogen) atoms. The molecular formula is C13H5Br3I2O5S. The molecule has 0 aliphatic rings. The fourth-order valence-corrected chi connectivity index (χ4v) is 7.13. The fourth-order valence-electron chi connectivity index (χ4n) is 1.69. The number of ether oxygens (including phenoxy) is 1. The van der Waals surface area contributed by atoms with Crippen molar-refractivity contribution in [3.05, 3.63) is 50.4 Å². The molecule has 2 aromatic rings. The lowest BCUT2D eigenvalue weighted by Crippen LogP contribution is -2.11. The molecule has 0 amide bonds. The molecular weight excluding hydrogens is 762 g/mol. The molecule has 0 bridgehead atoms. The van der Waals surface area contributed by atoms with E-state index in [4.69, 9.17) is 4.74 Å². The quantitative estimate of drug-likeness (QED) is 0.144. The number of halogens is 5. The number of benzene rings is 2. The normalized spacial score (nSPS) is 11.4. The average molecular weight is 767 g/mol. The second kappa shape index (κ2) is 8.17. The van der Waals surface area contributed by atoms with Crippen LogP contribution in [0.5, 0.6) is 5.75 Å². The van der Waals surface area contributed by atoms with E-state index in [1.54, 1.807) is 57.3 Å². The molecule has 0 aromatic heterocycles. The van der Waals surface area contributed by atoms with Gasteiger partial charge in [0.1, 0.15) is 10.6 Å². The molecule has 0 aliphatic carbocycles. The average Bonchev–Trinajstić information content (AvgIpc) is 2.42. The predicted octanol–water partition coefficient (Wildman–Crippen LogP) is 5.65. The molecule has 0 spiro atoms. The van der Waals surface area contributed by atoms with Gasteiger partial charge in [-0.1, -0.05) is 0 Å². The first-order valence-corrected chi connectivity index (χ1v) is 11.8. The summed E-state index contributed by atoms with van der Waals surface area (Å²) < 4.78 is 39.7. The molecule has 0 unspecified atom stereocenters. The minimum atomic E-state index is -4.35. The Bertz CT molecular complexity index is 924. The van der Waals surface area contributed by atoms with Crippen molar-refractivity contribution in [2.45, 2.75) is 4.90 Å². The largest absolute Gasteiger partial charge is 0.423 e. The second-order valence-electron chi connectivity index (χ2n) is 4.30. The molecule has 0 saturated carbocycles. The molecule has 128 valence electrons. The zero-order chi connectivity index (χ0) is 18.2. The summed E-state index contributed by atoms with van der Waals surface area (Å²) in [6, 6.07) is 6.02. The summed E-state index contributed by atoms with van der Waals surface area (Å²) in [4.78, 5) is 12.1. The maximum absolute atomic E-state index is 12.3. The van der Waals surface area contributed by atoms with Gasteiger partial charge in [0.15, 0.2) is 0 Å². The van der Waals surface area contributed by atoms with Crippen molar-refractivity contribution in [2.24, 2.45) is 0 Å². The third kappa shape index (κ3) is 4.71. The van der Waals surface area contributed by atoms with Crippen LogP contribution in [0.4, 0.5) is 0 Å². The SMILES string of the molecule is O=C(Oc1cc(I)c(S(=O)(=O)O)c(I)c1)c1ccc(Br)c(Br)c1Br. The van der Waals surface area contributed by atoms with Gasteiger partial charge < -0.3 is 4.74 Å². The van der Waals surface area contributed by atoms with Crippen molar-refractivity contribution in [1.29, 1.82) is 0 Å². The Hall–Kier alpha value is 0.720. The van der Waals surface area contributed by atoms with E-state index >= 15 is 0 Å². The number of rotatable bonds is 3. The molecule has 0 fully saturated rings. The first kappa shape index (κ1) is 21.0. The van der Waals surface area contributed by atoms with Gasteiger partial charge >= 0.3 is 5.97 Å². The molecule has 0 radical (unpaired) electrons. The van der Waals surface area contributed by atoms with Gasteiger partial charge in [-0.3, -0.25) is 4.55 Å². The molecule has 0 aliphatic heterocycles. The lowest BCUT2D eigenvalue weighted by molar-refractivity contribution is 0.0733. The minimum Gasteiger partial charge on any atom is -0.423 e. The van der Waals surface area contributed by atoms with Crippen LogP contribution < -0.4 is 4.74 Å². The minimum absolute atomic E-state index is 0.173. The van der Waals surface area contributed by atoms with E-state index in [1.807, 2.05) is 0 Å². The zero-order valence-corrected chi connectivity index (χ0v) is 21.1. The van der Waals surface area contributed by atoms with Crippen LogP contribution in [0.15, 0.2) is 42.6 Å². The van der Waals surface area contributed by atoms with E-state index in [1.165, 1.54) is 12.1 Å². The summed E-state index contributed by atoms with van der Waals surface area (Å²) in [5, 5.41) is 0. The lowest BCUT2D eigenvalue weighted by atomic mass is 10.2. The highest BCUT2D eigenvalue weighted by atomic mass is 127. The number of esters is 1. The standard InChI is InChI=1S/C13H5Br3I2O5S/c14-7-2-1-6(10(15)11(7)16)13(19)23-5-3-8(17)12(9(18)4-5)24(20,21)22/h1-4H,(H,20,21,22). The van der Waals surface area contributed by atoms with E-state index in [-0.39, 0.29) is 17.8 Å². The van der Waals surface area contributed by atoms with E-state index in [0.717, 1.165) is 4.47 Å².